The molecule has 2 heterocycles. The van der Waals surface area contributed by atoms with Crippen LogP contribution in [0.2, 0.25) is 5.15 Å². The van der Waals surface area contributed by atoms with Gasteiger partial charge in [-0.1, -0.05) is 24.9 Å². The summed E-state index contributed by atoms with van der Waals surface area (Å²) in [5.74, 6) is 0.640. The molecule has 0 amide bonds. The summed E-state index contributed by atoms with van der Waals surface area (Å²) in [4.78, 5) is 3.94. The molecule has 1 aromatic heterocycles. The van der Waals surface area contributed by atoms with Gasteiger partial charge >= 0.3 is 0 Å². The number of sulfonamides is 1. The Morgan fingerprint density at radius 3 is 2.67 bits per heavy atom. The molecular weight excluding hydrogens is 272 g/mol. The average molecular weight is 289 g/mol. The average Bonchev–Trinajstić information content (AvgIpc) is 2.39. The van der Waals surface area contributed by atoms with Crippen molar-refractivity contribution in [3.8, 4) is 0 Å². The highest BCUT2D eigenvalue weighted by atomic mass is 35.5. The van der Waals surface area contributed by atoms with E-state index in [4.69, 9.17) is 11.6 Å². The number of aromatic nitrogens is 1. The van der Waals surface area contributed by atoms with E-state index >= 15 is 0 Å². The lowest BCUT2D eigenvalue weighted by atomic mass is 9.96. The van der Waals surface area contributed by atoms with Crippen LogP contribution in [-0.4, -0.2) is 30.8 Å². The van der Waals surface area contributed by atoms with Crippen LogP contribution in [0.15, 0.2) is 23.2 Å². The highest BCUT2D eigenvalue weighted by Gasteiger charge is 2.30. The summed E-state index contributed by atoms with van der Waals surface area (Å²) in [6, 6.07) is 3.11. The van der Waals surface area contributed by atoms with E-state index in [-0.39, 0.29) is 10.0 Å². The van der Waals surface area contributed by atoms with Crippen molar-refractivity contribution in [3.05, 3.63) is 23.5 Å². The third-order valence-electron chi connectivity index (χ3n) is 3.49. The molecule has 0 spiro atoms. The zero-order valence-electron chi connectivity index (χ0n) is 10.3. The van der Waals surface area contributed by atoms with Gasteiger partial charge in [0.25, 0.3) is 0 Å². The lowest BCUT2D eigenvalue weighted by Crippen LogP contribution is -2.38. The molecule has 1 aliphatic heterocycles. The third-order valence-corrected chi connectivity index (χ3v) is 5.84. The van der Waals surface area contributed by atoms with Gasteiger partial charge in [-0.15, -0.1) is 0 Å². The van der Waals surface area contributed by atoms with Gasteiger partial charge < -0.3 is 0 Å². The van der Waals surface area contributed by atoms with Crippen LogP contribution in [0.4, 0.5) is 0 Å². The van der Waals surface area contributed by atoms with Crippen molar-refractivity contribution in [2.75, 3.05) is 13.1 Å². The molecule has 0 N–H and O–H groups in total. The Morgan fingerprint density at radius 2 is 2.11 bits per heavy atom. The van der Waals surface area contributed by atoms with Crippen LogP contribution >= 0.6 is 11.6 Å². The fourth-order valence-electron chi connectivity index (χ4n) is 2.26. The fraction of sp³-hybridized carbons (Fsp3) is 0.583. The first-order chi connectivity index (χ1) is 8.55. The second-order valence-corrected chi connectivity index (χ2v) is 6.81. The third kappa shape index (κ3) is 2.68. The Kier molecular flexibility index (Phi) is 4.25. The quantitative estimate of drug-likeness (QED) is 0.803. The summed E-state index contributed by atoms with van der Waals surface area (Å²) >= 11 is 5.87. The van der Waals surface area contributed by atoms with Gasteiger partial charge in [0.05, 0.1) is 0 Å². The number of pyridine rings is 1. The van der Waals surface area contributed by atoms with Gasteiger partial charge in [0, 0.05) is 19.3 Å². The normalized spacial score (nSPS) is 19.0. The van der Waals surface area contributed by atoms with Crippen LogP contribution < -0.4 is 0 Å². The van der Waals surface area contributed by atoms with Gasteiger partial charge in [-0.3, -0.25) is 0 Å². The highest BCUT2D eigenvalue weighted by molar-refractivity contribution is 7.89. The first-order valence-corrected chi connectivity index (χ1v) is 7.98. The Labute approximate surface area is 113 Å². The van der Waals surface area contributed by atoms with Crippen LogP contribution in [0.3, 0.4) is 0 Å². The molecule has 0 saturated carbocycles. The summed E-state index contributed by atoms with van der Waals surface area (Å²) in [5, 5.41) is 0.0510. The Morgan fingerprint density at radius 1 is 1.44 bits per heavy atom. The summed E-state index contributed by atoms with van der Waals surface area (Å²) < 4.78 is 26.3. The molecule has 0 radical (unpaired) electrons. The van der Waals surface area contributed by atoms with E-state index < -0.39 is 10.0 Å². The summed E-state index contributed by atoms with van der Waals surface area (Å²) in [6.07, 6.45) is 4.45. The van der Waals surface area contributed by atoms with Gasteiger partial charge in [0.2, 0.25) is 10.0 Å². The van der Waals surface area contributed by atoms with Crippen molar-refractivity contribution in [1.82, 2.24) is 9.29 Å². The number of hydrogen-bond acceptors (Lipinski definition) is 3. The Hall–Kier alpha value is -0.650. The van der Waals surface area contributed by atoms with E-state index in [9.17, 15) is 8.42 Å². The summed E-state index contributed by atoms with van der Waals surface area (Å²) in [5.41, 5.74) is 0. The molecule has 1 aliphatic rings. The molecule has 6 heteroatoms. The smallest absolute Gasteiger partial charge is 0.243 e. The van der Waals surface area contributed by atoms with E-state index in [1.807, 2.05) is 0 Å². The Bertz CT molecular complexity index is 511. The number of hydrogen-bond donors (Lipinski definition) is 0. The SMILES string of the molecule is CCC1CCN(S(=O)(=O)c2cccnc2Cl)CC1. The van der Waals surface area contributed by atoms with Crippen molar-refractivity contribution in [3.63, 3.8) is 0 Å². The first kappa shape index (κ1) is 13.8. The van der Waals surface area contributed by atoms with Crippen LogP contribution in [-0.2, 0) is 10.0 Å². The predicted molar refractivity (Wildman–Crippen MR) is 71.0 cm³/mol. The van der Waals surface area contributed by atoms with Crippen LogP contribution in [0.5, 0.6) is 0 Å². The number of nitrogens with zero attached hydrogens (tertiary/aromatic N) is 2. The van der Waals surface area contributed by atoms with Gasteiger partial charge in [0.1, 0.15) is 10.0 Å². The van der Waals surface area contributed by atoms with Crippen molar-refractivity contribution >= 4 is 21.6 Å². The van der Waals surface area contributed by atoms with E-state index in [1.165, 1.54) is 16.6 Å². The standard InChI is InChI=1S/C12H17ClN2O2S/c1-2-10-5-8-15(9-6-10)18(16,17)11-4-3-7-14-12(11)13/h3-4,7,10H,2,5-6,8-9H2,1H3. The topological polar surface area (TPSA) is 50.3 Å². The van der Waals surface area contributed by atoms with E-state index in [0.29, 0.717) is 19.0 Å². The van der Waals surface area contributed by atoms with Crippen LogP contribution in [0, 0.1) is 5.92 Å². The van der Waals surface area contributed by atoms with Crippen molar-refractivity contribution in [1.29, 1.82) is 0 Å². The predicted octanol–water partition coefficient (Wildman–Crippen LogP) is 2.55. The van der Waals surface area contributed by atoms with E-state index in [2.05, 4.69) is 11.9 Å². The molecule has 0 bridgehead atoms. The van der Waals surface area contributed by atoms with Gasteiger partial charge in [0.15, 0.2) is 0 Å². The minimum atomic E-state index is -3.49. The largest absolute Gasteiger partial charge is 0.246 e. The Balaban J connectivity index is 2.20. The van der Waals surface area contributed by atoms with Gasteiger partial charge in [-0.25, -0.2) is 13.4 Å². The lowest BCUT2D eigenvalue weighted by molar-refractivity contribution is 0.269. The maximum atomic E-state index is 12.4. The lowest BCUT2D eigenvalue weighted by Gasteiger charge is -2.30. The molecule has 0 atom stereocenters. The number of piperidine rings is 1. The summed E-state index contributed by atoms with van der Waals surface area (Å²) in [6.45, 7) is 3.30. The van der Waals surface area contributed by atoms with Crippen LogP contribution in [0.25, 0.3) is 0 Å². The zero-order valence-corrected chi connectivity index (χ0v) is 11.9. The molecule has 0 aromatic carbocycles. The zero-order chi connectivity index (χ0) is 13.2. The molecule has 2 rings (SSSR count). The fourth-order valence-corrected chi connectivity index (χ4v) is 4.16. The van der Waals surface area contributed by atoms with Crippen LogP contribution in [0.1, 0.15) is 26.2 Å². The van der Waals surface area contributed by atoms with Crippen molar-refractivity contribution < 1.29 is 8.42 Å². The molecule has 18 heavy (non-hydrogen) atoms. The second-order valence-electron chi connectivity index (χ2n) is 4.55. The maximum Gasteiger partial charge on any atom is 0.246 e. The molecule has 100 valence electrons. The highest BCUT2D eigenvalue weighted by Crippen LogP contribution is 2.27. The molecule has 1 fully saturated rings. The van der Waals surface area contributed by atoms with E-state index in [0.717, 1.165) is 19.3 Å². The molecular formula is C12H17ClN2O2S. The second kappa shape index (κ2) is 5.55. The molecule has 4 nitrogen and oxygen atoms in total. The molecule has 1 saturated heterocycles. The minimum absolute atomic E-state index is 0.0510. The van der Waals surface area contributed by atoms with Gasteiger partial charge in [-0.2, -0.15) is 4.31 Å². The minimum Gasteiger partial charge on any atom is -0.243 e. The maximum absolute atomic E-state index is 12.4. The van der Waals surface area contributed by atoms with Crippen molar-refractivity contribution in [2.45, 2.75) is 31.1 Å². The molecule has 0 aliphatic carbocycles. The van der Waals surface area contributed by atoms with Gasteiger partial charge in [-0.05, 0) is 30.9 Å². The monoisotopic (exact) mass is 288 g/mol. The van der Waals surface area contributed by atoms with Crippen molar-refractivity contribution in [2.24, 2.45) is 5.92 Å². The van der Waals surface area contributed by atoms with E-state index in [1.54, 1.807) is 6.07 Å². The molecule has 0 unspecified atom stereocenters. The molecule has 1 aromatic rings. The number of rotatable bonds is 3. The summed E-state index contributed by atoms with van der Waals surface area (Å²) in [7, 11) is -3.49. The number of halogens is 1. The first-order valence-electron chi connectivity index (χ1n) is 6.16.